The van der Waals surface area contributed by atoms with E-state index in [-0.39, 0.29) is 29.1 Å². The first kappa shape index (κ1) is 20.4. The molecular formula is C19H27NO6S. The van der Waals surface area contributed by atoms with Crippen LogP contribution in [0.1, 0.15) is 39.0 Å². The average Bonchev–Trinajstić information content (AvgIpc) is 3.17. The van der Waals surface area contributed by atoms with Gasteiger partial charge in [-0.3, -0.25) is 14.4 Å². The first-order valence-corrected chi connectivity index (χ1v) is 10.4. The quantitative estimate of drug-likeness (QED) is 0.513. The van der Waals surface area contributed by atoms with Crippen molar-refractivity contribution in [1.82, 2.24) is 5.32 Å². The predicted octanol–water partition coefficient (Wildman–Crippen LogP) is 1.19. The number of aliphatic hydroxyl groups is 1. The topological polar surface area (TPSA) is 102 Å². The van der Waals surface area contributed by atoms with Gasteiger partial charge < -0.3 is 19.9 Å². The van der Waals surface area contributed by atoms with Gasteiger partial charge in [-0.15, -0.1) is 0 Å². The van der Waals surface area contributed by atoms with Crippen LogP contribution in [-0.4, -0.2) is 58.8 Å². The Morgan fingerprint density at radius 3 is 2.93 bits per heavy atom. The lowest BCUT2D eigenvalue weighted by atomic mass is 9.69. The van der Waals surface area contributed by atoms with Gasteiger partial charge >= 0.3 is 5.97 Å². The Balaban J connectivity index is 1.90. The Kier molecular flexibility index (Phi) is 5.98. The van der Waals surface area contributed by atoms with E-state index in [1.165, 1.54) is 7.11 Å². The number of rotatable bonds is 6. The number of thioether (sulfide) groups is 1. The third-order valence-corrected chi connectivity index (χ3v) is 7.12. The number of ether oxygens (including phenoxy) is 2. The summed E-state index contributed by atoms with van der Waals surface area (Å²) < 4.78 is 10.6. The van der Waals surface area contributed by atoms with E-state index >= 15 is 0 Å². The van der Waals surface area contributed by atoms with Crippen molar-refractivity contribution >= 4 is 28.8 Å². The van der Waals surface area contributed by atoms with Gasteiger partial charge in [-0.2, -0.15) is 0 Å². The number of nitrogens with one attached hydrogen (secondary N) is 1. The van der Waals surface area contributed by atoms with Crippen LogP contribution in [0.5, 0.6) is 0 Å². The molecule has 0 saturated carbocycles. The van der Waals surface area contributed by atoms with Crippen LogP contribution in [-0.2, 0) is 23.9 Å². The van der Waals surface area contributed by atoms with Crippen molar-refractivity contribution in [2.24, 2.45) is 11.8 Å². The number of methoxy groups -OCH3 is 1. The smallest absolute Gasteiger partial charge is 0.306 e. The molecule has 1 aliphatic carbocycles. The summed E-state index contributed by atoms with van der Waals surface area (Å²) in [5.41, 5.74) is -2.64. The minimum absolute atomic E-state index is 0.0807. The summed E-state index contributed by atoms with van der Waals surface area (Å²) >= 11 is 0.940. The van der Waals surface area contributed by atoms with Crippen molar-refractivity contribution in [3.63, 3.8) is 0 Å². The maximum atomic E-state index is 13.3. The molecule has 3 rings (SSSR count). The fourth-order valence-electron chi connectivity index (χ4n) is 4.55. The summed E-state index contributed by atoms with van der Waals surface area (Å²) in [5, 5.41) is 13.8. The van der Waals surface area contributed by atoms with Crippen molar-refractivity contribution in [3.05, 3.63) is 12.2 Å². The van der Waals surface area contributed by atoms with Gasteiger partial charge in [-0.25, -0.2) is 0 Å². The van der Waals surface area contributed by atoms with Gasteiger partial charge in [0.25, 0.3) is 0 Å². The molecule has 0 aromatic heterocycles. The second-order valence-electron chi connectivity index (χ2n) is 7.52. The van der Waals surface area contributed by atoms with E-state index in [2.05, 4.69) is 10.1 Å². The van der Waals surface area contributed by atoms with Crippen molar-refractivity contribution in [3.8, 4) is 0 Å². The number of carbonyl (C=O) groups is 3. The second-order valence-corrected chi connectivity index (χ2v) is 8.59. The van der Waals surface area contributed by atoms with Gasteiger partial charge in [-0.1, -0.05) is 23.9 Å². The molecule has 0 radical (unpaired) electrons. The molecule has 0 spiro atoms. The fraction of sp³-hybridized carbons (Fsp3) is 0.737. The highest BCUT2D eigenvalue weighted by atomic mass is 32.2. The van der Waals surface area contributed by atoms with Gasteiger partial charge in [-0.05, 0) is 32.6 Å². The third kappa shape index (κ3) is 3.32. The lowest BCUT2D eigenvalue weighted by molar-refractivity contribution is -0.143. The Morgan fingerprint density at radius 1 is 1.48 bits per heavy atom. The van der Waals surface area contributed by atoms with Crippen LogP contribution in [0.25, 0.3) is 0 Å². The Morgan fingerprint density at radius 2 is 2.26 bits per heavy atom. The molecule has 2 fully saturated rings. The van der Waals surface area contributed by atoms with Gasteiger partial charge in [0.15, 0.2) is 5.54 Å². The lowest BCUT2D eigenvalue weighted by Gasteiger charge is -2.45. The number of fused-ring (bicyclic) bond motifs is 1. The summed E-state index contributed by atoms with van der Waals surface area (Å²) in [7, 11) is 1.30. The maximum absolute atomic E-state index is 13.3. The standard InChI is InChI=1S/C19H27NO6S/c1-18-13(8-10-26-18)16(23)20-19(18,15(22)12-6-4-3-5-7-12)17(24)27-11-9-14(21)25-2/h4,6,12-13,15,22H,3,5,7-11H2,1-2H3,(H,20,23)/t12?,13-,15?,18-,19?/m0/s1. The molecule has 5 atom stereocenters. The lowest BCUT2D eigenvalue weighted by Crippen LogP contribution is -2.69. The molecule has 3 aliphatic rings. The van der Waals surface area contributed by atoms with Gasteiger partial charge in [0.1, 0.15) is 5.60 Å². The monoisotopic (exact) mass is 397 g/mol. The number of amides is 1. The van der Waals surface area contributed by atoms with Crippen LogP contribution in [0.2, 0.25) is 0 Å². The number of allylic oxidation sites excluding steroid dienone is 1. The predicted molar refractivity (Wildman–Crippen MR) is 99.9 cm³/mol. The summed E-state index contributed by atoms with van der Waals surface area (Å²) in [4.78, 5) is 37.4. The maximum Gasteiger partial charge on any atom is 0.306 e. The van der Waals surface area contributed by atoms with Crippen LogP contribution in [0.15, 0.2) is 12.2 Å². The van der Waals surface area contributed by atoms with E-state index in [9.17, 15) is 19.5 Å². The largest absolute Gasteiger partial charge is 0.469 e. The summed E-state index contributed by atoms with van der Waals surface area (Å²) in [5.74, 6) is -1.14. The van der Waals surface area contributed by atoms with Gasteiger partial charge in [0.05, 0.1) is 25.6 Å². The zero-order chi connectivity index (χ0) is 19.7. The molecule has 0 aromatic carbocycles. The minimum atomic E-state index is -1.53. The van der Waals surface area contributed by atoms with E-state index in [0.717, 1.165) is 31.0 Å². The molecule has 8 heteroatoms. The van der Waals surface area contributed by atoms with Crippen LogP contribution >= 0.6 is 11.8 Å². The fourth-order valence-corrected chi connectivity index (χ4v) is 5.60. The first-order chi connectivity index (χ1) is 12.9. The molecule has 7 nitrogen and oxygen atoms in total. The Hall–Kier alpha value is -1.38. The highest BCUT2D eigenvalue weighted by Gasteiger charge is 2.71. The number of hydrogen-bond acceptors (Lipinski definition) is 7. The molecule has 27 heavy (non-hydrogen) atoms. The highest BCUT2D eigenvalue weighted by molar-refractivity contribution is 8.13. The Labute approximate surface area is 163 Å². The van der Waals surface area contributed by atoms with Crippen LogP contribution in [0.3, 0.4) is 0 Å². The highest BCUT2D eigenvalue weighted by Crippen LogP contribution is 2.51. The minimum Gasteiger partial charge on any atom is -0.469 e. The third-order valence-electron chi connectivity index (χ3n) is 6.12. The van der Waals surface area contributed by atoms with Crippen LogP contribution in [0.4, 0.5) is 0 Å². The van der Waals surface area contributed by atoms with Crippen molar-refractivity contribution in [2.45, 2.75) is 56.3 Å². The van der Waals surface area contributed by atoms with E-state index in [4.69, 9.17) is 4.74 Å². The molecule has 0 bridgehead atoms. The molecule has 2 heterocycles. The van der Waals surface area contributed by atoms with Crippen LogP contribution < -0.4 is 5.32 Å². The number of aliphatic hydroxyl groups excluding tert-OH is 1. The van der Waals surface area contributed by atoms with E-state index in [1.54, 1.807) is 6.92 Å². The summed E-state index contributed by atoms with van der Waals surface area (Å²) in [6, 6.07) is 0. The molecule has 150 valence electrons. The van der Waals surface area contributed by atoms with Crippen molar-refractivity contribution in [1.29, 1.82) is 0 Å². The zero-order valence-electron chi connectivity index (χ0n) is 15.7. The van der Waals surface area contributed by atoms with E-state index in [0.29, 0.717) is 13.0 Å². The SMILES string of the molecule is COC(=O)CCSC(=O)C1(C(O)C2C=CCCC2)NC(=O)[C@@H]2CCO[C@@]21C. The van der Waals surface area contributed by atoms with Crippen molar-refractivity contribution in [2.75, 3.05) is 19.5 Å². The second kappa shape index (κ2) is 7.93. The average molecular weight is 397 g/mol. The first-order valence-electron chi connectivity index (χ1n) is 9.41. The Bertz CT molecular complexity index is 652. The van der Waals surface area contributed by atoms with Gasteiger partial charge in [0.2, 0.25) is 11.0 Å². The molecule has 0 aromatic rings. The zero-order valence-corrected chi connectivity index (χ0v) is 16.5. The molecule has 2 saturated heterocycles. The summed E-state index contributed by atoms with van der Waals surface area (Å²) in [6.07, 6.45) is 6.06. The number of esters is 1. The van der Waals surface area contributed by atoms with Crippen LogP contribution in [0, 0.1) is 11.8 Å². The van der Waals surface area contributed by atoms with E-state index < -0.39 is 29.1 Å². The van der Waals surface area contributed by atoms with E-state index in [1.807, 2.05) is 12.2 Å². The molecule has 2 aliphatic heterocycles. The molecular weight excluding hydrogens is 370 g/mol. The van der Waals surface area contributed by atoms with Crippen molar-refractivity contribution < 1.29 is 29.0 Å². The molecule has 2 N–H and O–H groups in total. The number of carbonyl (C=O) groups excluding carboxylic acids is 3. The van der Waals surface area contributed by atoms with Gasteiger partial charge in [0, 0.05) is 18.3 Å². The molecule has 1 amide bonds. The normalized spacial score (nSPS) is 36.2. The summed E-state index contributed by atoms with van der Waals surface area (Å²) in [6.45, 7) is 2.13. The number of hydrogen-bond donors (Lipinski definition) is 2. The molecule has 3 unspecified atom stereocenters.